The molecule has 1 aromatic rings. The van der Waals surface area contributed by atoms with Crippen LogP contribution in [0.1, 0.15) is 31.0 Å². The third-order valence-corrected chi connectivity index (χ3v) is 3.99. The second kappa shape index (κ2) is 5.43. The van der Waals surface area contributed by atoms with Crippen molar-refractivity contribution >= 4 is 5.82 Å². The molecule has 0 aromatic carbocycles. The lowest BCUT2D eigenvalue weighted by Gasteiger charge is -2.38. The highest BCUT2D eigenvalue weighted by Gasteiger charge is 2.28. The van der Waals surface area contributed by atoms with E-state index in [0.29, 0.717) is 6.54 Å². The first-order valence-corrected chi connectivity index (χ1v) is 7.21. The van der Waals surface area contributed by atoms with E-state index >= 15 is 0 Å². The number of fused-ring (bicyclic) bond motifs is 1. The molecule has 0 bridgehead atoms. The zero-order valence-corrected chi connectivity index (χ0v) is 11.5. The Balaban J connectivity index is 1.89. The topological polar surface area (TPSA) is 64.3 Å². The lowest BCUT2D eigenvalue weighted by molar-refractivity contribution is -0.0107. The fourth-order valence-corrected chi connectivity index (χ4v) is 3.12. The van der Waals surface area contributed by atoms with Gasteiger partial charge in [0.2, 0.25) is 0 Å². The van der Waals surface area contributed by atoms with Gasteiger partial charge < -0.3 is 15.4 Å². The van der Waals surface area contributed by atoms with E-state index < -0.39 is 0 Å². The number of nitrogens with two attached hydrogens (primary N) is 1. The molecular formula is C14H22N4O. The van der Waals surface area contributed by atoms with Crippen molar-refractivity contribution in [3.63, 3.8) is 0 Å². The van der Waals surface area contributed by atoms with Crippen molar-refractivity contribution in [2.45, 2.75) is 44.8 Å². The van der Waals surface area contributed by atoms with Crippen LogP contribution in [0, 0.1) is 0 Å². The van der Waals surface area contributed by atoms with Crippen molar-refractivity contribution in [3.8, 4) is 0 Å². The Morgan fingerprint density at radius 1 is 1.32 bits per heavy atom. The van der Waals surface area contributed by atoms with Crippen LogP contribution in [0.25, 0.3) is 0 Å². The SMILES string of the molecule is CC1CN(c2ncnc3c2CCCC3)CC(CN)O1. The van der Waals surface area contributed by atoms with Crippen LogP contribution >= 0.6 is 0 Å². The van der Waals surface area contributed by atoms with Crippen molar-refractivity contribution in [3.05, 3.63) is 17.6 Å². The molecule has 0 radical (unpaired) electrons. The summed E-state index contributed by atoms with van der Waals surface area (Å²) >= 11 is 0. The maximum Gasteiger partial charge on any atom is 0.135 e. The van der Waals surface area contributed by atoms with E-state index in [9.17, 15) is 0 Å². The Morgan fingerprint density at radius 2 is 2.16 bits per heavy atom. The monoisotopic (exact) mass is 262 g/mol. The van der Waals surface area contributed by atoms with Gasteiger partial charge in [0, 0.05) is 30.9 Å². The molecule has 0 saturated carbocycles. The summed E-state index contributed by atoms with van der Waals surface area (Å²) in [5, 5.41) is 0. The van der Waals surface area contributed by atoms with E-state index in [1.54, 1.807) is 6.33 Å². The van der Waals surface area contributed by atoms with Gasteiger partial charge in [-0.25, -0.2) is 9.97 Å². The average Bonchev–Trinajstić information content (AvgIpc) is 2.46. The molecule has 2 heterocycles. The lowest BCUT2D eigenvalue weighted by atomic mass is 9.96. The number of hydrogen-bond acceptors (Lipinski definition) is 5. The number of anilines is 1. The van der Waals surface area contributed by atoms with Crippen molar-refractivity contribution in [2.24, 2.45) is 5.73 Å². The highest BCUT2D eigenvalue weighted by Crippen LogP contribution is 2.28. The summed E-state index contributed by atoms with van der Waals surface area (Å²) in [6.07, 6.45) is 6.70. The highest BCUT2D eigenvalue weighted by atomic mass is 16.5. The van der Waals surface area contributed by atoms with E-state index in [4.69, 9.17) is 10.5 Å². The minimum Gasteiger partial charge on any atom is -0.370 e. The van der Waals surface area contributed by atoms with E-state index in [1.165, 1.54) is 24.1 Å². The van der Waals surface area contributed by atoms with E-state index in [2.05, 4.69) is 21.8 Å². The molecule has 3 rings (SSSR count). The molecular weight excluding hydrogens is 240 g/mol. The van der Waals surface area contributed by atoms with Gasteiger partial charge in [0.1, 0.15) is 12.1 Å². The van der Waals surface area contributed by atoms with Crippen LogP contribution in [0.3, 0.4) is 0 Å². The minimum atomic E-state index is 0.109. The van der Waals surface area contributed by atoms with Gasteiger partial charge in [0.05, 0.1) is 12.2 Å². The first-order valence-electron chi connectivity index (χ1n) is 7.21. The van der Waals surface area contributed by atoms with Crippen molar-refractivity contribution in [1.29, 1.82) is 0 Å². The Kier molecular flexibility index (Phi) is 3.66. The molecule has 2 N–H and O–H groups in total. The summed E-state index contributed by atoms with van der Waals surface area (Å²) in [7, 11) is 0. The largest absolute Gasteiger partial charge is 0.370 e. The Hall–Kier alpha value is -1.20. The zero-order valence-electron chi connectivity index (χ0n) is 11.5. The lowest BCUT2D eigenvalue weighted by Crippen LogP contribution is -2.50. The molecule has 104 valence electrons. The highest BCUT2D eigenvalue weighted by molar-refractivity contribution is 5.50. The number of aromatic nitrogens is 2. The van der Waals surface area contributed by atoms with Crippen LogP contribution in [0.15, 0.2) is 6.33 Å². The summed E-state index contributed by atoms with van der Waals surface area (Å²) < 4.78 is 5.82. The Labute approximate surface area is 114 Å². The van der Waals surface area contributed by atoms with Gasteiger partial charge in [-0.3, -0.25) is 0 Å². The predicted molar refractivity (Wildman–Crippen MR) is 74.3 cm³/mol. The molecule has 0 spiro atoms. The molecule has 2 unspecified atom stereocenters. The Bertz CT molecular complexity index is 451. The van der Waals surface area contributed by atoms with Crippen LogP contribution in [-0.4, -0.2) is 41.8 Å². The molecule has 1 fully saturated rings. The predicted octanol–water partition coefficient (Wildman–Crippen LogP) is 0.908. The van der Waals surface area contributed by atoms with Crippen molar-refractivity contribution in [1.82, 2.24) is 9.97 Å². The van der Waals surface area contributed by atoms with Crippen LogP contribution in [0.5, 0.6) is 0 Å². The van der Waals surface area contributed by atoms with Crippen LogP contribution in [-0.2, 0) is 17.6 Å². The summed E-state index contributed by atoms with van der Waals surface area (Å²) in [4.78, 5) is 11.3. The number of morpholine rings is 1. The Morgan fingerprint density at radius 3 is 3.00 bits per heavy atom. The second-order valence-corrected chi connectivity index (χ2v) is 5.54. The first-order chi connectivity index (χ1) is 9.28. The van der Waals surface area contributed by atoms with E-state index in [1.807, 2.05) is 0 Å². The molecule has 0 amide bonds. The number of ether oxygens (including phenoxy) is 1. The van der Waals surface area contributed by atoms with Gasteiger partial charge in [-0.2, -0.15) is 0 Å². The fraction of sp³-hybridized carbons (Fsp3) is 0.714. The van der Waals surface area contributed by atoms with Crippen LogP contribution < -0.4 is 10.6 Å². The summed E-state index contributed by atoms with van der Waals surface area (Å²) in [5.74, 6) is 1.11. The van der Waals surface area contributed by atoms with Crippen molar-refractivity contribution < 1.29 is 4.74 Å². The van der Waals surface area contributed by atoms with Gasteiger partial charge in [-0.05, 0) is 32.6 Å². The standard InChI is InChI=1S/C14H22N4O/c1-10-7-18(8-11(6-15)19-10)14-12-4-2-3-5-13(12)16-9-17-14/h9-11H,2-8,15H2,1H3. The molecule has 5 nitrogen and oxygen atoms in total. The summed E-state index contributed by atoms with van der Waals surface area (Å²) in [6, 6.07) is 0. The molecule has 1 aromatic heterocycles. The maximum atomic E-state index is 5.82. The molecule has 2 aliphatic rings. The maximum absolute atomic E-state index is 5.82. The summed E-state index contributed by atoms with van der Waals surface area (Å²) in [6.45, 7) is 4.39. The van der Waals surface area contributed by atoms with Crippen molar-refractivity contribution in [2.75, 3.05) is 24.5 Å². The molecule has 2 atom stereocenters. The molecule has 1 aliphatic carbocycles. The molecule has 1 saturated heterocycles. The van der Waals surface area contributed by atoms with E-state index in [0.717, 1.165) is 31.7 Å². The fourth-order valence-electron chi connectivity index (χ4n) is 3.12. The van der Waals surface area contributed by atoms with Gasteiger partial charge in [0.25, 0.3) is 0 Å². The third-order valence-electron chi connectivity index (χ3n) is 3.99. The number of rotatable bonds is 2. The molecule has 5 heteroatoms. The number of hydrogen-bond donors (Lipinski definition) is 1. The van der Waals surface area contributed by atoms with Gasteiger partial charge >= 0.3 is 0 Å². The van der Waals surface area contributed by atoms with Gasteiger partial charge in [-0.1, -0.05) is 0 Å². The molecule has 1 aliphatic heterocycles. The minimum absolute atomic E-state index is 0.109. The third kappa shape index (κ3) is 2.58. The second-order valence-electron chi connectivity index (χ2n) is 5.54. The van der Waals surface area contributed by atoms with Crippen LogP contribution in [0.4, 0.5) is 5.82 Å². The number of aryl methyl sites for hydroxylation is 1. The van der Waals surface area contributed by atoms with Gasteiger partial charge in [0.15, 0.2) is 0 Å². The molecule has 19 heavy (non-hydrogen) atoms. The zero-order chi connectivity index (χ0) is 13.2. The quantitative estimate of drug-likeness (QED) is 0.858. The smallest absolute Gasteiger partial charge is 0.135 e. The average molecular weight is 262 g/mol. The van der Waals surface area contributed by atoms with Gasteiger partial charge in [-0.15, -0.1) is 0 Å². The normalized spacial score (nSPS) is 27.2. The summed E-state index contributed by atoms with van der Waals surface area (Å²) in [5.41, 5.74) is 8.34. The number of nitrogens with zero attached hydrogens (tertiary/aromatic N) is 3. The first kappa shape index (κ1) is 12.8. The van der Waals surface area contributed by atoms with E-state index in [-0.39, 0.29) is 12.2 Å². The van der Waals surface area contributed by atoms with Crippen LogP contribution in [0.2, 0.25) is 0 Å².